The number of benzene rings is 1. The first-order valence-corrected chi connectivity index (χ1v) is 8.18. The molecule has 0 aromatic heterocycles. The minimum atomic E-state index is -0.285. The average molecular weight is 371 g/mol. The van der Waals surface area contributed by atoms with Crippen molar-refractivity contribution in [1.29, 1.82) is 0 Å². The highest BCUT2D eigenvalue weighted by molar-refractivity contribution is 9.10. The standard InChI is InChI=1S/C16H23BrN2O3/c1-4-22-15(20)9-10-19(11-12(2)3)16(21)18-14-7-5-13(17)6-8-14/h5-8,12H,4,9-11H2,1-3H3,(H,18,21). The molecule has 2 amide bonds. The predicted molar refractivity (Wildman–Crippen MR) is 90.8 cm³/mol. The molecule has 0 aliphatic heterocycles. The molecule has 6 heteroatoms. The van der Waals surface area contributed by atoms with Gasteiger partial charge in [0.05, 0.1) is 13.0 Å². The van der Waals surface area contributed by atoms with Gasteiger partial charge in [-0.25, -0.2) is 4.79 Å². The summed E-state index contributed by atoms with van der Waals surface area (Å²) in [7, 11) is 0. The molecule has 0 atom stereocenters. The molecule has 0 saturated carbocycles. The van der Waals surface area contributed by atoms with Crippen LogP contribution in [-0.2, 0) is 9.53 Å². The summed E-state index contributed by atoms with van der Waals surface area (Å²) in [5.74, 6) is 0.0329. The third-order valence-electron chi connectivity index (χ3n) is 2.86. The van der Waals surface area contributed by atoms with Crippen LogP contribution in [0.1, 0.15) is 27.2 Å². The summed E-state index contributed by atoms with van der Waals surface area (Å²) in [6, 6.07) is 7.16. The second kappa shape index (κ2) is 9.46. The van der Waals surface area contributed by atoms with Gasteiger partial charge in [0.1, 0.15) is 0 Å². The molecule has 22 heavy (non-hydrogen) atoms. The predicted octanol–water partition coefficient (Wildman–Crippen LogP) is 3.89. The highest BCUT2D eigenvalue weighted by Crippen LogP contribution is 2.15. The molecule has 1 aromatic carbocycles. The number of hydrogen-bond acceptors (Lipinski definition) is 3. The summed E-state index contributed by atoms with van der Waals surface area (Å²) in [6.07, 6.45) is 0.203. The van der Waals surface area contributed by atoms with E-state index in [1.165, 1.54) is 0 Å². The first-order chi connectivity index (χ1) is 10.4. The Bertz CT molecular complexity index is 489. The van der Waals surface area contributed by atoms with Crippen molar-refractivity contribution >= 4 is 33.6 Å². The van der Waals surface area contributed by atoms with Gasteiger partial charge in [0.15, 0.2) is 0 Å². The van der Waals surface area contributed by atoms with Crippen LogP contribution in [0.5, 0.6) is 0 Å². The molecule has 0 saturated heterocycles. The molecular formula is C16H23BrN2O3. The van der Waals surface area contributed by atoms with Gasteiger partial charge in [-0.15, -0.1) is 0 Å². The van der Waals surface area contributed by atoms with Gasteiger partial charge in [0.2, 0.25) is 0 Å². The summed E-state index contributed by atoms with van der Waals surface area (Å²) in [5, 5.41) is 2.84. The Morgan fingerprint density at radius 2 is 1.91 bits per heavy atom. The highest BCUT2D eigenvalue weighted by atomic mass is 79.9. The number of nitrogens with one attached hydrogen (secondary N) is 1. The summed E-state index contributed by atoms with van der Waals surface area (Å²) < 4.78 is 5.86. The van der Waals surface area contributed by atoms with Crippen molar-refractivity contribution in [2.45, 2.75) is 27.2 Å². The molecule has 0 heterocycles. The number of rotatable bonds is 7. The van der Waals surface area contributed by atoms with E-state index in [0.29, 0.717) is 25.6 Å². The van der Waals surface area contributed by atoms with E-state index in [-0.39, 0.29) is 18.4 Å². The number of amides is 2. The van der Waals surface area contributed by atoms with E-state index in [4.69, 9.17) is 4.74 Å². The maximum Gasteiger partial charge on any atom is 0.321 e. The third-order valence-corrected chi connectivity index (χ3v) is 3.39. The van der Waals surface area contributed by atoms with Gasteiger partial charge in [-0.05, 0) is 37.1 Å². The summed E-state index contributed by atoms with van der Waals surface area (Å²) in [4.78, 5) is 25.5. The van der Waals surface area contributed by atoms with Crippen molar-refractivity contribution in [2.75, 3.05) is 25.0 Å². The molecule has 0 fully saturated rings. The fourth-order valence-corrected chi connectivity index (χ4v) is 2.18. The number of anilines is 1. The first kappa shape index (κ1) is 18.5. The molecule has 0 aliphatic rings. The minimum Gasteiger partial charge on any atom is -0.466 e. The topological polar surface area (TPSA) is 58.6 Å². The zero-order chi connectivity index (χ0) is 16.5. The van der Waals surface area contributed by atoms with Crippen LogP contribution in [0.4, 0.5) is 10.5 Å². The van der Waals surface area contributed by atoms with Crippen LogP contribution in [0, 0.1) is 5.92 Å². The van der Waals surface area contributed by atoms with Gasteiger partial charge in [-0.2, -0.15) is 0 Å². The summed E-state index contributed by atoms with van der Waals surface area (Å²) in [6.45, 7) is 7.12. The molecule has 1 rings (SSSR count). The van der Waals surface area contributed by atoms with Crippen molar-refractivity contribution in [3.05, 3.63) is 28.7 Å². The van der Waals surface area contributed by atoms with Gasteiger partial charge in [0, 0.05) is 23.2 Å². The van der Waals surface area contributed by atoms with E-state index in [2.05, 4.69) is 21.2 Å². The van der Waals surface area contributed by atoms with Crippen LogP contribution in [0.15, 0.2) is 28.7 Å². The van der Waals surface area contributed by atoms with Crippen LogP contribution < -0.4 is 5.32 Å². The maximum atomic E-state index is 12.4. The number of esters is 1. The number of nitrogens with zero attached hydrogens (tertiary/aromatic N) is 1. The fourth-order valence-electron chi connectivity index (χ4n) is 1.91. The van der Waals surface area contributed by atoms with Gasteiger partial charge in [-0.3, -0.25) is 4.79 Å². The van der Waals surface area contributed by atoms with E-state index in [1.807, 2.05) is 38.1 Å². The van der Waals surface area contributed by atoms with Gasteiger partial charge in [0.25, 0.3) is 0 Å². The smallest absolute Gasteiger partial charge is 0.321 e. The monoisotopic (exact) mass is 370 g/mol. The van der Waals surface area contributed by atoms with Gasteiger partial charge >= 0.3 is 12.0 Å². The molecule has 0 aliphatic carbocycles. The Kier molecular flexibility index (Phi) is 7.95. The number of urea groups is 1. The molecule has 0 radical (unpaired) electrons. The van der Waals surface area contributed by atoms with Crippen LogP contribution in [0.25, 0.3) is 0 Å². The Hall–Kier alpha value is -1.56. The van der Waals surface area contributed by atoms with E-state index in [9.17, 15) is 9.59 Å². The number of ether oxygens (including phenoxy) is 1. The lowest BCUT2D eigenvalue weighted by Gasteiger charge is -2.24. The van der Waals surface area contributed by atoms with E-state index in [1.54, 1.807) is 11.8 Å². The van der Waals surface area contributed by atoms with Crippen LogP contribution >= 0.6 is 15.9 Å². The Morgan fingerprint density at radius 3 is 2.45 bits per heavy atom. The molecule has 1 aromatic rings. The van der Waals surface area contributed by atoms with E-state index in [0.717, 1.165) is 10.2 Å². The molecule has 1 N–H and O–H groups in total. The average Bonchev–Trinajstić information content (AvgIpc) is 2.45. The maximum absolute atomic E-state index is 12.4. The lowest BCUT2D eigenvalue weighted by atomic mass is 10.2. The van der Waals surface area contributed by atoms with Crippen LogP contribution in [0.2, 0.25) is 0 Å². The quantitative estimate of drug-likeness (QED) is 0.740. The highest BCUT2D eigenvalue weighted by Gasteiger charge is 2.16. The molecule has 5 nitrogen and oxygen atoms in total. The third kappa shape index (κ3) is 6.93. The number of hydrogen-bond donors (Lipinski definition) is 1. The molecule has 0 unspecified atom stereocenters. The number of carbonyl (C=O) groups is 2. The van der Waals surface area contributed by atoms with Crippen molar-refractivity contribution < 1.29 is 14.3 Å². The van der Waals surface area contributed by atoms with E-state index < -0.39 is 0 Å². The summed E-state index contributed by atoms with van der Waals surface area (Å²) >= 11 is 3.35. The Balaban J connectivity index is 2.63. The van der Waals surface area contributed by atoms with Crippen molar-refractivity contribution in [2.24, 2.45) is 5.92 Å². The molecule has 122 valence electrons. The number of halogens is 1. The molecular weight excluding hydrogens is 348 g/mol. The normalized spacial score (nSPS) is 10.4. The van der Waals surface area contributed by atoms with E-state index >= 15 is 0 Å². The van der Waals surface area contributed by atoms with Crippen LogP contribution in [-0.4, -0.2) is 36.6 Å². The Morgan fingerprint density at radius 1 is 1.27 bits per heavy atom. The number of carbonyl (C=O) groups excluding carboxylic acids is 2. The molecule has 0 bridgehead atoms. The second-order valence-electron chi connectivity index (χ2n) is 5.33. The second-order valence-corrected chi connectivity index (χ2v) is 6.25. The van der Waals surface area contributed by atoms with Crippen molar-refractivity contribution in [3.8, 4) is 0 Å². The van der Waals surface area contributed by atoms with Crippen molar-refractivity contribution in [1.82, 2.24) is 4.90 Å². The first-order valence-electron chi connectivity index (χ1n) is 7.39. The van der Waals surface area contributed by atoms with Crippen LogP contribution in [0.3, 0.4) is 0 Å². The lowest BCUT2D eigenvalue weighted by Crippen LogP contribution is -2.39. The largest absolute Gasteiger partial charge is 0.466 e. The Labute approximate surface area is 140 Å². The summed E-state index contributed by atoms with van der Waals surface area (Å²) in [5.41, 5.74) is 0.720. The van der Waals surface area contributed by atoms with Gasteiger partial charge in [-0.1, -0.05) is 29.8 Å². The SMILES string of the molecule is CCOC(=O)CCN(CC(C)C)C(=O)Nc1ccc(Br)cc1. The zero-order valence-corrected chi connectivity index (χ0v) is 14.9. The fraction of sp³-hybridized carbons (Fsp3) is 0.500. The minimum absolute atomic E-state index is 0.203. The van der Waals surface area contributed by atoms with Gasteiger partial charge < -0.3 is 15.0 Å². The lowest BCUT2D eigenvalue weighted by molar-refractivity contribution is -0.143. The molecule has 0 spiro atoms. The van der Waals surface area contributed by atoms with Crippen molar-refractivity contribution in [3.63, 3.8) is 0 Å². The zero-order valence-electron chi connectivity index (χ0n) is 13.3.